The highest BCUT2D eigenvalue weighted by atomic mass is 16.5. The minimum absolute atomic E-state index is 0.0461. The molecule has 1 aromatic rings. The van der Waals surface area contributed by atoms with Crippen LogP contribution in [-0.2, 0) is 4.74 Å². The molecule has 0 bridgehead atoms. The minimum Gasteiger partial charge on any atom is -0.476 e. The van der Waals surface area contributed by atoms with Crippen LogP contribution in [0.3, 0.4) is 0 Å². The molecular formula is C14H21N3O3. The van der Waals surface area contributed by atoms with Crippen LogP contribution in [0.4, 0.5) is 10.5 Å². The van der Waals surface area contributed by atoms with Gasteiger partial charge in [-0.2, -0.15) is 0 Å². The fourth-order valence-electron chi connectivity index (χ4n) is 2.28. The van der Waals surface area contributed by atoms with Crippen LogP contribution in [0.15, 0.2) is 18.3 Å². The van der Waals surface area contributed by atoms with Crippen LogP contribution < -0.4 is 10.1 Å². The van der Waals surface area contributed by atoms with Crippen molar-refractivity contribution in [3.8, 4) is 5.88 Å². The molecule has 1 aliphatic heterocycles. The molecule has 0 radical (unpaired) electrons. The predicted molar refractivity (Wildman–Crippen MR) is 76.0 cm³/mol. The molecular weight excluding hydrogens is 258 g/mol. The maximum atomic E-state index is 12.3. The lowest BCUT2D eigenvalue weighted by molar-refractivity contribution is -0.0530. The van der Waals surface area contributed by atoms with Gasteiger partial charge in [-0.3, -0.25) is 0 Å². The Morgan fingerprint density at radius 3 is 2.85 bits per heavy atom. The maximum absolute atomic E-state index is 12.3. The molecule has 1 saturated heterocycles. The number of aromatic nitrogens is 1. The Balaban J connectivity index is 2.04. The number of hydrogen-bond donors (Lipinski definition) is 1. The van der Waals surface area contributed by atoms with E-state index in [4.69, 9.17) is 9.47 Å². The summed E-state index contributed by atoms with van der Waals surface area (Å²) in [7, 11) is 0. The standard InChI is InChI=1S/C14H21N3O3/c1-4-19-13-12(6-5-7-15-13)16-14(18)17-8-10(2)20-11(3)9-17/h5-7,10-11H,4,8-9H2,1-3H3,(H,16,18)/t10-,11-/m1/s1. The summed E-state index contributed by atoms with van der Waals surface area (Å²) in [6, 6.07) is 3.40. The zero-order chi connectivity index (χ0) is 14.5. The molecule has 0 spiro atoms. The Bertz CT molecular complexity index is 457. The lowest BCUT2D eigenvalue weighted by atomic mass is 10.2. The maximum Gasteiger partial charge on any atom is 0.322 e. The highest BCUT2D eigenvalue weighted by molar-refractivity contribution is 5.90. The van der Waals surface area contributed by atoms with Crippen molar-refractivity contribution in [2.45, 2.75) is 33.0 Å². The van der Waals surface area contributed by atoms with Crippen LogP contribution in [0.1, 0.15) is 20.8 Å². The van der Waals surface area contributed by atoms with Crippen molar-refractivity contribution in [3.63, 3.8) is 0 Å². The van der Waals surface area contributed by atoms with Gasteiger partial charge in [0.25, 0.3) is 0 Å². The van der Waals surface area contributed by atoms with Crippen LogP contribution in [-0.4, -0.2) is 47.8 Å². The van der Waals surface area contributed by atoms with Gasteiger partial charge in [0, 0.05) is 19.3 Å². The lowest BCUT2D eigenvalue weighted by Crippen LogP contribution is -2.49. The number of morpholine rings is 1. The normalized spacial score (nSPS) is 22.4. The SMILES string of the molecule is CCOc1ncccc1NC(=O)N1C[C@@H](C)O[C@H](C)C1. The van der Waals surface area contributed by atoms with E-state index in [2.05, 4.69) is 10.3 Å². The molecule has 2 amide bonds. The smallest absolute Gasteiger partial charge is 0.322 e. The van der Waals surface area contributed by atoms with Gasteiger partial charge in [0.1, 0.15) is 5.69 Å². The van der Waals surface area contributed by atoms with Crippen molar-refractivity contribution < 1.29 is 14.3 Å². The minimum atomic E-state index is -0.152. The van der Waals surface area contributed by atoms with Gasteiger partial charge >= 0.3 is 6.03 Å². The first-order valence-corrected chi connectivity index (χ1v) is 6.89. The van der Waals surface area contributed by atoms with Gasteiger partial charge in [-0.25, -0.2) is 9.78 Å². The number of anilines is 1. The van der Waals surface area contributed by atoms with E-state index in [1.165, 1.54) is 0 Å². The van der Waals surface area contributed by atoms with Crippen LogP contribution in [0, 0.1) is 0 Å². The Kier molecular flexibility index (Phi) is 4.79. The summed E-state index contributed by atoms with van der Waals surface area (Å²) in [4.78, 5) is 18.2. The topological polar surface area (TPSA) is 63.7 Å². The number of urea groups is 1. The number of amides is 2. The van der Waals surface area contributed by atoms with E-state index in [0.29, 0.717) is 31.3 Å². The summed E-state index contributed by atoms with van der Waals surface area (Å²) in [5.41, 5.74) is 0.589. The van der Waals surface area contributed by atoms with Gasteiger partial charge < -0.3 is 19.7 Å². The number of ether oxygens (including phenoxy) is 2. The highest BCUT2D eigenvalue weighted by Gasteiger charge is 2.26. The number of hydrogen-bond acceptors (Lipinski definition) is 4. The summed E-state index contributed by atoms with van der Waals surface area (Å²) >= 11 is 0. The second-order valence-corrected chi connectivity index (χ2v) is 4.88. The van der Waals surface area contributed by atoms with E-state index in [-0.39, 0.29) is 18.2 Å². The number of pyridine rings is 1. The second-order valence-electron chi connectivity index (χ2n) is 4.88. The van der Waals surface area contributed by atoms with Gasteiger partial charge in [0.05, 0.1) is 18.8 Å². The van der Waals surface area contributed by atoms with Crippen molar-refractivity contribution >= 4 is 11.7 Å². The first-order valence-electron chi connectivity index (χ1n) is 6.89. The van der Waals surface area contributed by atoms with Crippen molar-refractivity contribution in [2.75, 3.05) is 25.0 Å². The largest absolute Gasteiger partial charge is 0.476 e. The van der Waals surface area contributed by atoms with E-state index >= 15 is 0 Å². The first-order chi connectivity index (χ1) is 9.60. The van der Waals surface area contributed by atoms with E-state index in [9.17, 15) is 4.79 Å². The predicted octanol–water partition coefficient (Wildman–Crippen LogP) is 2.12. The quantitative estimate of drug-likeness (QED) is 0.920. The van der Waals surface area contributed by atoms with Gasteiger partial charge in [-0.1, -0.05) is 0 Å². The van der Waals surface area contributed by atoms with Gasteiger partial charge in [-0.05, 0) is 32.9 Å². The van der Waals surface area contributed by atoms with Gasteiger partial charge in [0.2, 0.25) is 5.88 Å². The molecule has 1 aliphatic rings. The molecule has 2 heterocycles. The molecule has 0 aliphatic carbocycles. The highest BCUT2D eigenvalue weighted by Crippen LogP contribution is 2.21. The summed E-state index contributed by atoms with van der Waals surface area (Å²) < 4.78 is 11.0. The number of carbonyl (C=O) groups is 1. The first kappa shape index (κ1) is 14.6. The average Bonchev–Trinajstić information content (AvgIpc) is 2.40. The zero-order valence-electron chi connectivity index (χ0n) is 12.1. The second kappa shape index (κ2) is 6.56. The molecule has 2 atom stereocenters. The average molecular weight is 279 g/mol. The molecule has 0 unspecified atom stereocenters. The molecule has 110 valence electrons. The van der Waals surface area contributed by atoms with E-state index in [1.54, 1.807) is 23.2 Å². The fourth-order valence-corrected chi connectivity index (χ4v) is 2.28. The summed E-state index contributed by atoms with van der Waals surface area (Å²) in [5.74, 6) is 0.442. The third kappa shape index (κ3) is 3.60. The Morgan fingerprint density at radius 1 is 1.50 bits per heavy atom. The summed E-state index contributed by atoms with van der Waals surface area (Å²) in [6.45, 7) is 7.48. The van der Waals surface area contributed by atoms with Crippen LogP contribution >= 0.6 is 0 Å². The van der Waals surface area contributed by atoms with Crippen molar-refractivity contribution in [2.24, 2.45) is 0 Å². The van der Waals surface area contributed by atoms with Gasteiger partial charge in [-0.15, -0.1) is 0 Å². The molecule has 6 heteroatoms. The van der Waals surface area contributed by atoms with Crippen LogP contribution in [0.2, 0.25) is 0 Å². The molecule has 2 rings (SSSR count). The monoisotopic (exact) mass is 279 g/mol. The van der Waals surface area contributed by atoms with Crippen LogP contribution in [0.5, 0.6) is 5.88 Å². The van der Waals surface area contributed by atoms with Crippen molar-refractivity contribution in [1.29, 1.82) is 0 Å². The Morgan fingerprint density at radius 2 is 2.20 bits per heavy atom. The molecule has 1 N–H and O–H groups in total. The number of rotatable bonds is 3. The number of nitrogens with one attached hydrogen (secondary N) is 1. The molecule has 0 aromatic carbocycles. The third-order valence-corrected chi connectivity index (χ3v) is 3.00. The summed E-state index contributed by atoms with van der Waals surface area (Å²) in [5, 5.41) is 2.85. The van der Waals surface area contributed by atoms with Crippen LogP contribution in [0.25, 0.3) is 0 Å². The summed E-state index contributed by atoms with van der Waals surface area (Å²) in [6.07, 6.45) is 1.73. The number of carbonyl (C=O) groups excluding carboxylic acids is 1. The van der Waals surface area contributed by atoms with E-state index in [1.807, 2.05) is 20.8 Å². The Hall–Kier alpha value is -1.82. The van der Waals surface area contributed by atoms with Gasteiger partial charge in [0.15, 0.2) is 0 Å². The third-order valence-electron chi connectivity index (χ3n) is 3.00. The zero-order valence-corrected chi connectivity index (χ0v) is 12.1. The molecule has 6 nitrogen and oxygen atoms in total. The molecule has 20 heavy (non-hydrogen) atoms. The van der Waals surface area contributed by atoms with E-state index in [0.717, 1.165) is 0 Å². The fraction of sp³-hybridized carbons (Fsp3) is 0.571. The number of nitrogens with zero attached hydrogens (tertiary/aromatic N) is 2. The molecule has 1 fully saturated rings. The van der Waals surface area contributed by atoms with Crippen molar-refractivity contribution in [3.05, 3.63) is 18.3 Å². The molecule has 0 saturated carbocycles. The lowest BCUT2D eigenvalue weighted by Gasteiger charge is -2.35. The van der Waals surface area contributed by atoms with E-state index < -0.39 is 0 Å². The Labute approximate surface area is 119 Å². The molecule has 1 aromatic heterocycles. The van der Waals surface area contributed by atoms with Crippen molar-refractivity contribution in [1.82, 2.24) is 9.88 Å².